The molecule has 1 saturated carbocycles. The average molecular weight is 348 g/mol. The van der Waals surface area contributed by atoms with Crippen LogP contribution < -0.4 is 10.6 Å². The smallest absolute Gasteiger partial charge is 0.338 e. The highest BCUT2D eigenvalue weighted by atomic mass is 32.2. The Morgan fingerprint density at radius 3 is 2.88 bits per heavy atom. The Morgan fingerprint density at radius 1 is 1.29 bits per heavy atom. The second-order valence-corrected chi connectivity index (χ2v) is 7.12. The maximum absolute atomic E-state index is 12.1. The number of fused-ring (bicyclic) bond motifs is 1. The Kier molecular flexibility index (Phi) is 5.40. The van der Waals surface area contributed by atoms with Gasteiger partial charge >= 0.3 is 5.97 Å². The van der Waals surface area contributed by atoms with Crippen LogP contribution in [0.4, 0.5) is 5.69 Å². The van der Waals surface area contributed by atoms with Crippen molar-refractivity contribution in [1.29, 1.82) is 0 Å². The van der Waals surface area contributed by atoms with Crippen LogP contribution in [0.1, 0.15) is 42.5 Å². The van der Waals surface area contributed by atoms with Crippen LogP contribution in [-0.4, -0.2) is 36.2 Å². The molecular formula is C17H20N2O4S. The van der Waals surface area contributed by atoms with Gasteiger partial charge in [0.15, 0.2) is 6.61 Å². The summed E-state index contributed by atoms with van der Waals surface area (Å²) >= 11 is 1.57. The number of benzene rings is 1. The zero-order valence-electron chi connectivity index (χ0n) is 13.3. The highest BCUT2D eigenvalue weighted by molar-refractivity contribution is 7.99. The summed E-state index contributed by atoms with van der Waals surface area (Å²) in [5, 5.41) is 5.66. The lowest BCUT2D eigenvalue weighted by atomic mass is 10.2. The molecule has 1 heterocycles. The van der Waals surface area contributed by atoms with Gasteiger partial charge in [-0.3, -0.25) is 9.59 Å². The van der Waals surface area contributed by atoms with Gasteiger partial charge in [0.1, 0.15) is 0 Å². The minimum atomic E-state index is -0.567. The molecular weight excluding hydrogens is 328 g/mol. The van der Waals surface area contributed by atoms with E-state index >= 15 is 0 Å². The van der Waals surface area contributed by atoms with Gasteiger partial charge in [0.25, 0.3) is 5.91 Å². The summed E-state index contributed by atoms with van der Waals surface area (Å²) < 4.78 is 5.08. The predicted octanol–water partition coefficient (Wildman–Crippen LogP) is 2.34. The van der Waals surface area contributed by atoms with Gasteiger partial charge in [-0.15, -0.1) is 11.8 Å². The average Bonchev–Trinajstić information content (AvgIpc) is 2.99. The lowest BCUT2D eigenvalue weighted by molar-refractivity contribution is -0.124. The van der Waals surface area contributed by atoms with Crippen molar-refractivity contribution in [2.45, 2.75) is 43.0 Å². The molecule has 6 nitrogen and oxygen atoms in total. The maximum Gasteiger partial charge on any atom is 0.338 e. The maximum atomic E-state index is 12.1. The molecule has 2 aliphatic rings. The summed E-state index contributed by atoms with van der Waals surface area (Å²) in [6.45, 7) is -0.284. The van der Waals surface area contributed by atoms with Crippen molar-refractivity contribution in [3.8, 4) is 0 Å². The fourth-order valence-corrected chi connectivity index (χ4v) is 3.84. The van der Waals surface area contributed by atoms with Crippen LogP contribution in [0.15, 0.2) is 23.1 Å². The van der Waals surface area contributed by atoms with Crippen molar-refractivity contribution in [3.63, 3.8) is 0 Å². The van der Waals surface area contributed by atoms with Crippen molar-refractivity contribution in [2.75, 3.05) is 17.7 Å². The Morgan fingerprint density at radius 2 is 2.08 bits per heavy atom. The monoisotopic (exact) mass is 348 g/mol. The molecule has 0 aromatic heterocycles. The Balaban J connectivity index is 1.56. The third-order valence-electron chi connectivity index (χ3n) is 4.13. The van der Waals surface area contributed by atoms with Crippen molar-refractivity contribution in [2.24, 2.45) is 0 Å². The fraction of sp³-hybridized carbons (Fsp3) is 0.471. The minimum Gasteiger partial charge on any atom is -0.452 e. The first-order valence-corrected chi connectivity index (χ1v) is 9.13. The van der Waals surface area contributed by atoms with E-state index in [4.69, 9.17) is 4.74 Å². The van der Waals surface area contributed by atoms with E-state index in [-0.39, 0.29) is 24.5 Å². The standard InChI is InChI=1S/C17H20N2O4S/c20-15-7-8-24-14-6-5-11(9-13(14)19-15)17(22)23-10-16(21)18-12-3-1-2-4-12/h5-6,9,12H,1-4,7-8,10H2,(H,18,21)(H,19,20). The van der Waals surface area contributed by atoms with E-state index < -0.39 is 5.97 Å². The molecule has 0 bridgehead atoms. The van der Waals surface area contributed by atoms with Gasteiger partial charge < -0.3 is 15.4 Å². The normalized spacial score (nSPS) is 17.6. The first kappa shape index (κ1) is 16.8. The molecule has 3 rings (SSSR count). The van der Waals surface area contributed by atoms with Gasteiger partial charge in [0.05, 0.1) is 11.3 Å². The summed E-state index contributed by atoms with van der Waals surface area (Å²) in [6, 6.07) is 5.25. The topological polar surface area (TPSA) is 84.5 Å². The number of ether oxygens (including phenoxy) is 1. The number of carbonyl (C=O) groups excluding carboxylic acids is 3. The highest BCUT2D eigenvalue weighted by Crippen LogP contribution is 2.31. The molecule has 1 aliphatic heterocycles. The number of hydrogen-bond donors (Lipinski definition) is 2. The first-order valence-electron chi connectivity index (χ1n) is 8.15. The van der Waals surface area contributed by atoms with Gasteiger partial charge in [-0.25, -0.2) is 4.79 Å². The minimum absolute atomic E-state index is 0.0669. The number of anilines is 1. The molecule has 7 heteroatoms. The molecule has 0 atom stereocenters. The Hall–Kier alpha value is -2.02. The van der Waals surface area contributed by atoms with Crippen LogP contribution in [0.5, 0.6) is 0 Å². The van der Waals surface area contributed by atoms with Crippen molar-refractivity contribution in [3.05, 3.63) is 23.8 Å². The molecule has 0 unspecified atom stereocenters. The van der Waals surface area contributed by atoms with E-state index in [0.717, 1.165) is 30.6 Å². The van der Waals surface area contributed by atoms with Crippen LogP contribution in [0, 0.1) is 0 Å². The van der Waals surface area contributed by atoms with Gasteiger partial charge in [-0.1, -0.05) is 12.8 Å². The number of nitrogens with one attached hydrogen (secondary N) is 2. The molecule has 0 spiro atoms. The molecule has 2 amide bonds. The van der Waals surface area contributed by atoms with E-state index in [2.05, 4.69) is 10.6 Å². The third kappa shape index (κ3) is 4.29. The summed E-state index contributed by atoms with van der Waals surface area (Å²) in [7, 11) is 0. The van der Waals surface area contributed by atoms with Crippen molar-refractivity contribution in [1.82, 2.24) is 5.32 Å². The quantitative estimate of drug-likeness (QED) is 0.816. The zero-order chi connectivity index (χ0) is 16.9. The Labute approximate surface area is 144 Å². The van der Waals surface area contributed by atoms with E-state index in [1.807, 2.05) is 0 Å². The molecule has 1 aromatic carbocycles. The predicted molar refractivity (Wildman–Crippen MR) is 91.1 cm³/mol. The van der Waals surface area contributed by atoms with E-state index in [1.165, 1.54) is 0 Å². The molecule has 24 heavy (non-hydrogen) atoms. The number of rotatable bonds is 4. The first-order chi connectivity index (χ1) is 11.6. The second-order valence-electron chi connectivity index (χ2n) is 5.98. The molecule has 128 valence electrons. The lowest BCUT2D eigenvalue weighted by Crippen LogP contribution is -2.35. The fourth-order valence-electron chi connectivity index (χ4n) is 2.90. The largest absolute Gasteiger partial charge is 0.452 e. The summed E-state index contributed by atoms with van der Waals surface area (Å²) in [5.41, 5.74) is 0.942. The summed E-state index contributed by atoms with van der Waals surface area (Å²) in [6.07, 6.45) is 4.68. The molecule has 0 saturated heterocycles. The summed E-state index contributed by atoms with van der Waals surface area (Å²) in [4.78, 5) is 36.5. The van der Waals surface area contributed by atoms with Crippen molar-refractivity contribution >= 4 is 35.2 Å². The van der Waals surface area contributed by atoms with Gasteiger partial charge in [0.2, 0.25) is 5.91 Å². The van der Waals surface area contributed by atoms with E-state index in [0.29, 0.717) is 23.4 Å². The number of esters is 1. The third-order valence-corrected chi connectivity index (χ3v) is 5.21. The van der Waals surface area contributed by atoms with Crippen LogP contribution in [0.25, 0.3) is 0 Å². The van der Waals surface area contributed by atoms with Crippen molar-refractivity contribution < 1.29 is 19.1 Å². The molecule has 2 N–H and O–H groups in total. The number of carbonyl (C=O) groups is 3. The van der Waals surface area contributed by atoms with Gasteiger partial charge in [-0.2, -0.15) is 0 Å². The van der Waals surface area contributed by atoms with Crippen LogP contribution in [0.3, 0.4) is 0 Å². The number of thioether (sulfide) groups is 1. The molecule has 1 aliphatic carbocycles. The molecule has 0 radical (unpaired) electrons. The van der Waals surface area contributed by atoms with Gasteiger partial charge in [0, 0.05) is 23.1 Å². The number of amides is 2. The zero-order valence-corrected chi connectivity index (χ0v) is 14.1. The second kappa shape index (κ2) is 7.70. The Bertz CT molecular complexity index is 656. The molecule has 1 fully saturated rings. The van der Waals surface area contributed by atoms with Crippen LogP contribution in [0.2, 0.25) is 0 Å². The van der Waals surface area contributed by atoms with E-state index in [9.17, 15) is 14.4 Å². The summed E-state index contributed by atoms with van der Waals surface area (Å²) in [5.74, 6) is -0.191. The van der Waals surface area contributed by atoms with Crippen LogP contribution >= 0.6 is 11.8 Å². The van der Waals surface area contributed by atoms with Gasteiger partial charge in [-0.05, 0) is 31.0 Å². The van der Waals surface area contributed by atoms with Crippen LogP contribution in [-0.2, 0) is 14.3 Å². The lowest BCUT2D eigenvalue weighted by Gasteiger charge is -2.12. The SMILES string of the molecule is O=C1CCSc2ccc(C(=O)OCC(=O)NC3CCCC3)cc2N1. The highest BCUT2D eigenvalue weighted by Gasteiger charge is 2.19. The number of hydrogen-bond acceptors (Lipinski definition) is 5. The molecule has 1 aromatic rings. The van der Waals surface area contributed by atoms with E-state index in [1.54, 1.807) is 30.0 Å².